The van der Waals surface area contributed by atoms with Gasteiger partial charge < -0.3 is 25.6 Å². The average Bonchev–Trinajstić information content (AvgIpc) is 3.59. The zero-order chi connectivity index (χ0) is 32.0. The predicted octanol–water partition coefficient (Wildman–Crippen LogP) is 3.46. The number of alkyl halides is 2. The van der Waals surface area contributed by atoms with Crippen LogP contribution in [0.5, 0.6) is 5.75 Å². The summed E-state index contributed by atoms with van der Waals surface area (Å²) in [6, 6.07) is 10.6. The fourth-order valence-corrected chi connectivity index (χ4v) is 4.49. The average molecular weight is 638 g/mol. The molecule has 2 heterocycles. The summed E-state index contributed by atoms with van der Waals surface area (Å²) >= 11 is 0. The molecule has 1 amide bonds. The van der Waals surface area contributed by atoms with Gasteiger partial charge in [0.2, 0.25) is 0 Å². The van der Waals surface area contributed by atoms with E-state index in [-0.39, 0.29) is 53.0 Å². The molecule has 0 bridgehead atoms. The van der Waals surface area contributed by atoms with Gasteiger partial charge in [0.25, 0.3) is 15.9 Å². The highest BCUT2D eigenvalue weighted by Gasteiger charge is 2.27. The Morgan fingerprint density at radius 3 is 2.55 bits per heavy atom. The number of benzene rings is 2. The van der Waals surface area contributed by atoms with Gasteiger partial charge in [-0.25, -0.2) is 17.6 Å². The summed E-state index contributed by atoms with van der Waals surface area (Å²) in [5.74, 6) is -6.09. The number of nitrogens with one attached hydrogen (secondary N) is 3. The Bertz CT molecular complexity index is 1740. The fourth-order valence-electron chi connectivity index (χ4n) is 3.92. The highest BCUT2D eigenvalue weighted by atomic mass is 32.2. The molecule has 0 aliphatic carbocycles. The van der Waals surface area contributed by atoms with Crippen LogP contribution in [0.1, 0.15) is 28.9 Å². The molecule has 14 nitrogen and oxygen atoms in total. The molecule has 18 heteroatoms. The van der Waals surface area contributed by atoms with Crippen molar-refractivity contribution in [3.63, 3.8) is 0 Å². The number of carbonyl (C=O) groups is 2. The summed E-state index contributed by atoms with van der Waals surface area (Å²) in [6.45, 7) is 1.45. The molecule has 234 valence electrons. The Hall–Kier alpha value is -5.10. The number of aromatic nitrogens is 4. The number of ether oxygens (including phenoxy) is 2. The Morgan fingerprint density at radius 2 is 1.89 bits per heavy atom. The third kappa shape index (κ3) is 7.84. The van der Waals surface area contributed by atoms with E-state index in [4.69, 9.17) is 20.3 Å². The first-order chi connectivity index (χ1) is 20.8. The number of aliphatic carboxylic acids is 1. The van der Waals surface area contributed by atoms with Crippen molar-refractivity contribution in [1.82, 2.24) is 20.0 Å². The molecule has 0 aliphatic heterocycles. The lowest BCUT2D eigenvalue weighted by atomic mass is 10.1. The van der Waals surface area contributed by atoms with E-state index in [1.165, 1.54) is 41.1 Å². The monoisotopic (exact) mass is 637 g/mol. The Kier molecular flexibility index (Phi) is 9.74. The van der Waals surface area contributed by atoms with Crippen LogP contribution < -0.4 is 20.5 Å². The first kappa shape index (κ1) is 31.8. The summed E-state index contributed by atoms with van der Waals surface area (Å²) < 4.78 is 77.7. The van der Waals surface area contributed by atoms with Gasteiger partial charge in [0.15, 0.2) is 5.82 Å². The quantitative estimate of drug-likeness (QED) is 0.120. The van der Waals surface area contributed by atoms with Crippen LogP contribution in [0.3, 0.4) is 0 Å². The summed E-state index contributed by atoms with van der Waals surface area (Å²) in [4.78, 5) is 23.1. The lowest BCUT2D eigenvalue weighted by molar-refractivity contribution is -0.142. The smallest absolute Gasteiger partial charge is 0.355 e. The van der Waals surface area contributed by atoms with Crippen molar-refractivity contribution in [2.45, 2.75) is 25.3 Å². The number of hydrogen-bond acceptors (Lipinski definition) is 9. The van der Waals surface area contributed by atoms with Crippen LogP contribution in [0.15, 0.2) is 54.7 Å². The van der Waals surface area contributed by atoms with Gasteiger partial charge in [-0.05, 0) is 36.8 Å². The van der Waals surface area contributed by atoms with Crippen LogP contribution in [0.25, 0.3) is 11.3 Å². The Morgan fingerprint density at radius 1 is 1.16 bits per heavy atom. The molecule has 0 spiro atoms. The van der Waals surface area contributed by atoms with E-state index in [0.717, 1.165) is 6.07 Å². The lowest BCUT2D eigenvalue weighted by Crippen LogP contribution is -2.21. The maximum Gasteiger partial charge on any atom is 0.355 e. The summed E-state index contributed by atoms with van der Waals surface area (Å²) in [5, 5.41) is 22.6. The maximum absolute atomic E-state index is 13.4. The maximum atomic E-state index is 13.4. The van der Waals surface area contributed by atoms with Crippen LogP contribution in [-0.2, 0) is 26.1 Å². The number of hydrogen-bond donors (Lipinski definition) is 5. The zero-order valence-corrected chi connectivity index (χ0v) is 23.6. The molecule has 4 aromatic rings. The molecule has 1 unspecified atom stereocenters. The summed E-state index contributed by atoms with van der Waals surface area (Å²) in [7, 11) is -5.08. The predicted molar refractivity (Wildman–Crippen MR) is 150 cm³/mol. The number of nitrogens with two attached hydrogens (primary N) is 1. The van der Waals surface area contributed by atoms with Crippen molar-refractivity contribution in [2.24, 2.45) is 5.73 Å². The number of anilines is 3. The minimum absolute atomic E-state index is 0.0176. The van der Waals surface area contributed by atoms with E-state index < -0.39 is 46.2 Å². The first-order valence-corrected chi connectivity index (χ1v) is 14.2. The third-order valence-electron chi connectivity index (χ3n) is 5.98. The number of primary amides is 1. The fraction of sp³-hybridized carbons (Fsp3) is 0.231. The van der Waals surface area contributed by atoms with E-state index >= 15 is 0 Å². The van der Waals surface area contributed by atoms with Crippen LogP contribution in [0, 0.1) is 5.82 Å². The molecule has 1 atom stereocenters. The highest BCUT2D eigenvalue weighted by molar-refractivity contribution is 7.93. The third-order valence-corrected chi connectivity index (χ3v) is 6.96. The topological polar surface area (TPSA) is 204 Å². The number of nitrogens with zero attached hydrogens (tertiary/aromatic N) is 3. The van der Waals surface area contributed by atoms with Crippen molar-refractivity contribution in [2.75, 3.05) is 23.3 Å². The van der Waals surface area contributed by atoms with Crippen LogP contribution in [-0.4, -0.2) is 64.3 Å². The standard InChI is InChI=1S/C26H26F3N7O7S/c1-14(15-2-5-17(27)6-3-15)43-19-12-16(4-7-18(19)35-44(40,41)26(28)29)23-22(24(30)39)25(33-32-23)31-20-8-9-36(34-20)10-11-42-13-21(37)38/h2-9,12,14,26,35H,10-11,13H2,1H3,(H2,30,39)(H,37,38)(H2,31,32,33,34). The molecule has 0 radical (unpaired) electrons. The molecule has 0 saturated carbocycles. The second-order valence-corrected chi connectivity index (χ2v) is 10.8. The molecule has 2 aromatic carbocycles. The molecule has 44 heavy (non-hydrogen) atoms. The number of sulfonamides is 1. The molecule has 4 rings (SSSR count). The van der Waals surface area contributed by atoms with E-state index in [2.05, 4.69) is 20.6 Å². The van der Waals surface area contributed by atoms with E-state index in [1.54, 1.807) is 23.9 Å². The second-order valence-electron chi connectivity index (χ2n) is 9.15. The van der Waals surface area contributed by atoms with Gasteiger partial charge >= 0.3 is 11.7 Å². The molecular weight excluding hydrogens is 611 g/mol. The number of halogens is 3. The summed E-state index contributed by atoms with van der Waals surface area (Å²) in [6.07, 6.45) is 0.788. The Balaban J connectivity index is 1.64. The number of carboxylic acid groups (broad SMARTS) is 1. The summed E-state index contributed by atoms with van der Waals surface area (Å²) in [5.41, 5.74) is 5.93. The number of aromatic amines is 1. The number of carbonyl (C=O) groups excluding carboxylic acids is 1. The van der Waals surface area contributed by atoms with Gasteiger partial charge in [-0.15, -0.1) is 0 Å². The van der Waals surface area contributed by atoms with E-state index in [9.17, 15) is 31.2 Å². The molecule has 6 N–H and O–H groups in total. The normalized spacial score (nSPS) is 12.2. The number of carboxylic acids is 1. The van der Waals surface area contributed by atoms with E-state index in [0.29, 0.717) is 5.56 Å². The first-order valence-electron chi connectivity index (χ1n) is 12.7. The molecule has 2 aromatic heterocycles. The van der Waals surface area contributed by atoms with Gasteiger partial charge in [-0.3, -0.25) is 19.3 Å². The molecule has 0 saturated heterocycles. The molecular formula is C26H26F3N7O7S. The van der Waals surface area contributed by atoms with Gasteiger partial charge in [-0.2, -0.15) is 19.0 Å². The minimum atomic E-state index is -5.08. The van der Waals surface area contributed by atoms with Crippen molar-refractivity contribution >= 4 is 39.2 Å². The molecule has 0 aliphatic rings. The van der Waals surface area contributed by atoms with Gasteiger partial charge in [-0.1, -0.05) is 18.2 Å². The zero-order valence-electron chi connectivity index (χ0n) is 22.8. The molecule has 0 fully saturated rings. The number of amides is 1. The minimum Gasteiger partial charge on any atom is -0.484 e. The number of rotatable bonds is 15. The van der Waals surface area contributed by atoms with Gasteiger partial charge in [0.05, 0.1) is 18.8 Å². The SMILES string of the molecule is CC(Oc1cc(-c2n[nH]c(Nc3ccn(CCOCC(=O)O)n3)c2C(N)=O)ccc1NS(=O)(=O)C(F)F)c1ccc(F)cc1. The van der Waals surface area contributed by atoms with Crippen molar-refractivity contribution in [1.29, 1.82) is 0 Å². The number of H-pyrrole nitrogens is 1. The highest BCUT2D eigenvalue weighted by Crippen LogP contribution is 2.37. The van der Waals surface area contributed by atoms with Crippen LogP contribution >= 0.6 is 0 Å². The Labute approximate surface area is 248 Å². The van der Waals surface area contributed by atoms with Gasteiger partial charge in [0, 0.05) is 17.8 Å². The van der Waals surface area contributed by atoms with Crippen LogP contribution in [0.2, 0.25) is 0 Å². The van der Waals surface area contributed by atoms with Gasteiger partial charge in [0.1, 0.15) is 41.4 Å². The van der Waals surface area contributed by atoms with Crippen LogP contribution in [0.4, 0.5) is 30.5 Å². The van der Waals surface area contributed by atoms with Crippen molar-refractivity contribution in [3.8, 4) is 17.0 Å². The second kappa shape index (κ2) is 13.5. The van der Waals surface area contributed by atoms with E-state index in [1.807, 2.05) is 0 Å². The largest absolute Gasteiger partial charge is 0.484 e. The van der Waals surface area contributed by atoms with Crippen molar-refractivity contribution < 1.29 is 45.8 Å². The van der Waals surface area contributed by atoms with Crippen molar-refractivity contribution in [3.05, 3.63) is 71.7 Å². The lowest BCUT2D eigenvalue weighted by Gasteiger charge is -2.19.